The maximum atomic E-state index is 5.08. The zero-order chi connectivity index (χ0) is 8.69. The van der Waals surface area contributed by atoms with E-state index in [9.17, 15) is 0 Å². The van der Waals surface area contributed by atoms with Gasteiger partial charge in [-0.2, -0.15) is 0 Å². The van der Waals surface area contributed by atoms with Crippen molar-refractivity contribution in [3.8, 4) is 0 Å². The van der Waals surface area contributed by atoms with Crippen molar-refractivity contribution in [2.24, 2.45) is 5.73 Å². The molecule has 0 aromatic carbocycles. The van der Waals surface area contributed by atoms with Gasteiger partial charge in [-0.1, -0.05) is 0 Å². The van der Waals surface area contributed by atoms with Crippen molar-refractivity contribution in [1.82, 2.24) is 5.32 Å². The van der Waals surface area contributed by atoms with Crippen LogP contribution >= 0.6 is 0 Å². The van der Waals surface area contributed by atoms with Gasteiger partial charge in [0, 0.05) is 12.1 Å². The lowest BCUT2D eigenvalue weighted by atomic mass is 10.3. The minimum atomic E-state index is 0.886. The van der Waals surface area contributed by atoms with Gasteiger partial charge in [0.15, 0.2) is 0 Å². The molecule has 0 aliphatic heterocycles. The molecule has 3 N–H and O–H groups in total. The summed E-state index contributed by atoms with van der Waals surface area (Å²) in [4.78, 5) is 0. The van der Waals surface area contributed by atoms with Gasteiger partial charge in [-0.15, -0.1) is 0 Å². The van der Waals surface area contributed by atoms with E-state index >= 15 is 0 Å². The lowest BCUT2D eigenvalue weighted by Crippen LogP contribution is -2.03. The summed E-state index contributed by atoms with van der Waals surface area (Å²) in [6, 6.07) is 2.02. The van der Waals surface area contributed by atoms with E-state index < -0.39 is 0 Å². The minimum Gasteiger partial charge on any atom is -0.469 e. The highest BCUT2D eigenvalue weighted by molar-refractivity contribution is 5.10. The van der Waals surface area contributed by atoms with E-state index in [0.717, 1.165) is 12.3 Å². The van der Waals surface area contributed by atoms with Gasteiger partial charge in [-0.25, -0.2) is 0 Å². The third-order valence-electron chi connectivity index (χ3n) is 1.17. The summed E-state index contributed by atoms with van der Waals surface area (Å²) < 4.78 is 5.08. The van der Waals surface area contributed by atoms with Crippen molar-refractivity contribution < 1.29 is 4.42 Å². The first kappa shape index (κ1) is 10.2. The first-order chi connectivity index (χ1) is 5.33. The standard InChI is InChI=1S/C7H11NO.CH5N/c1-6-3-7(4-8-2)5-9-6;1-2/h3,5,8H,4H2,1-2H3;2H2,1H3. The van der Waals surface area contributed by atoms with Crippen molar-refractivity contribution >= 4 is 0 Å². The summed E-state index contributed by atoms with van der Waals surface area (Å²) in [5, 5.41) is 3.04. The van der Waals surface area contributed by atoms with Crippen LogP contribution in [0.2, 0.25) is 0 Å². The van der Waals surface area contributed by atoms with Crippen LogP contribution < -0.4 is 11.1 Å². The highest BCUT2D eigenvalue weighted by Gasteiger charge is 1.93. The molecule has 0 aliphatic carbocycles. The lowest BCUT2D eigenvalue weighted by molar-refractivity contribution is 0.531. The number of nitrogens with one attached hydrogen (secondary N) is 1. The summed E-state index contributed by atoms with van der Waals surface area (Å²) in [6.45, 7) is 2.83. The molecule has 0 fully saturated rings. The van der Waals surface area contributed by atoms with E-state index in [2.05, 4.69) is 11.1 Å². The monoisotopic (exact) mass is 156 g/mol. The molecule has 1 aromatic rings. The molecule has 3 heteroatoms. The molecule has 0 saturated carbocycles. The predicted octanol–water partition coefficient (Wildman–Crippen LogP) is 0.882. The SMILES string of the molecule is CN.CNCc1coc(C)c1. The summed E-state index contributed by atoms with van der Waals surface area (Å²) >= 11 is 0. The molecule has 1 heterocycles. The largest absolute Gasteiger partial charge is 0.469 e. The normalized spacial score (nSPS) is 8.73. The van der Waals surface area contributed by atoms with Crippen LogP contribution in [-0.2, 0) is 6.54 Å². The Balaban J connectivity index is 0.000000461. The minimum absolute atomic E-state index is 0.886. The average Bonchev–Trinajstić information content (AvgIpc) is 2.41. The van der Waals surface area contributed by atoms with E-state index in [-0.39, 0.29) is 0 Å². The van der Waals surface area contributed by atoms with Crippen LogP contribution in [0.25, 0.3) is 0 Å². The first-order valence-electron chi connectivity index (χ1n) is 3.59. The quantitative estimate of drug-likeness (QED) is 0.668. The molecule has 0 unspecified atom stereocenters. The molecule has 1 aromatic heterocycles. The average molecular weight is 156 g/mol. The van der Waals surface area contributed by atoms with Crippen LogP contribution in [0.3, 0.4) is 0 Å². The molecular weight excluding hydrogens is 140 g/mol. The van der Waals surface area contributed by atoms with Crippen LogP contribution in [0.5, 0.6) is 0 Å². The summed E-state index contributed by atoms with van der Waals surface area (Å²) in [6.07, 6.45) is 1.77. The number of furan rings is 1. The van der Waals surface area contributed by atoms with E-state index in [4.69, 9.17) is 4.42 Å². The van der Waals surface area contributed by atoms with Crippen molar-refractivity contribution in [1.29, 1.82) is 0 Å². The molecule has 0 radical (unpaired) electrons. The molecule has 0 saturated heterocycles. The van der Waals surface area contributed by atoms with Gasteiger partial charge in [0.25, 0.3) is 0 Å². The van der Waals surface area contributed by atoms with Crippen LogP contribution in [0, 0.1) is 6.92 Å². The third kappa shape index (κ3) is 3.80. The molecule has 0 amide bonds. The number of nitrogens with two attached hydrogens (primary N) is 1. The Morgan fingerprint density at radius 2 is 2.18 bits per heavy atom. The fourth-order valence-corrected chi connectivity index (χ4v) is 0.795. The van der Waals surface area contributed by atoms with Crippen molar-refractivity contribution in [3.05, 3.63) is 23.7 Å². The molecule has 1 rings (SSSR count). The molecule has 0 spiro atoms. The highest BCUT2D eigenvalue weighted by atomic mass is 16.3. The van der Waals surface area contributed by atoms with E-state index in [1.807, 2.05) is 20.0 Å². The molecular formula is C8H16N2O. The summed E-state index contributed by atoms with van der Waals surface area (Å²) in [5.41, 5.74) is 5.70. The molecule has 11 heavy (non-hydrogen) atoms. The van der Waals surface area contributed by atoms with E-state index in [1.54, 1.807) is 6.26 Å². The van der Waals surface area contributed by atoms with Gasteiger partial charge in [-0.3, -0.25) is 0 Å². The van der Waals surface area contributed by atoms with Crippen molar-refractivity contribution in [2.45, 2.75) is 13.5 Å². The van der Waals surface area contributed by atoms with E-state index in [1.165, 1.54) is 12.6 Å². The number of hydrogen-bond acceptors (Lipinski definition) is 3. The Labute approximate surface area is 67.6 Å². The van der Waals surface area contributed by atoms with Gasteiger partial charge >= 0.3 is 0 Å². The van der Waals surface area contributed by atoms with Gasteiger partial charge < -0.3 is 15.5 Å². The second-order valence-electron chi connectivity index (χ2n) is 2.10. The third-order valence-corrected chi connectivity index (χ3v) is 1.17. The smallest absolute Gasteiger partial charge is 0.101 e. The van der Waals surface area contributed by atoms with Gasteiger partial charge in [-0.05, 0) is 27.1 Å². The molecule has 0 aliphatic rings. The van der Waals surface area contributed by atoms with Crippen LogP contribution in [0.15, 0.2) is 16.7 Å². The Morgan fingerprint density at radius 1 is 1.55 bits per heavy atom. The molecule has 3 nitrogen and oxygen atoms in total. The summed E-state index contributed by atoms with van der Waals surface area (Å²) in [7, 11) is 3.42. The van der Waals surface area contributed by atoms with E-state index in [0.29, 0.717) is 0 Å². The Bertz CT molecular complexity index is 184. The fraction of sp³-hybridized carbons (Fsp3) is 0.500. The number of hydrogen-bond donors (Lipinski definition) is 2. The summed E-state index contributed by atoms with van der Waals surface area (Å²) in [5.74, 6) is 0.972. The second-order valence-corrected chi connectivity index (χ2v) is 2.10. The van der Waals surface area contributed by atoms with Crippen LogP contribution in [0.4, 0.5) is 0 Å². The second kappa shape index (κ2) is 5.95. The fourth-order valence-electron chi connectivity index (χ4n) is 0.795. The Kier molecular flexibility index (Phi) is 5.51. The number of rotatable bonds is 2. The van der Waals surface area contributed by atoms with Gasteiger partial charge in [0.05, 0.1) is 6.26 Å². The maximum absolute atomic E-state index is 5.08. The predicted molar refractivity (Wildman–Crippen MR) is 46.3 cm³/mol. The first-order valence-corrected chi connectivity index (χ1v) is 3.59. The van der Waals surface area contributed by atoms with Gasteiger partial charge in [0.2, 0.25) is 0 Å². The molecule has 0 bridgehead atoms. The molecule has 0 atom stereocenters. The number of aryl methyl sites for hydroxylation is 1. The lowest BCUT2D eigenvalue weighted by Gasteiger charge is -1.88. The van der Waals surface area contributed by atoms with Crippen molar-refractivity contribution in [2.75, 3.05) is 14.1 Å². The highest BCUT2D eigenvalue weighted by Crippen LogP contribution is 2.04. The Morgan fingerprint density at radius 3 is 2.55 bits per heavy atom. The van der Waals surface area contributed by atoms with Crippen molar-refractivity contribution in [3.63, 3.8) is 0 Å². The van der Waals surface area contributed by atoms with Crippen LogP contribution in [-0.4, -0.2) is 14.1 Å². The van der Waals surface area contributed by atoms with Crippen LogP contribution in [0.1, 0.15) is 11.3 Å². The maximum Gasteiger partial charge on any atom is 0.101 e. The van der Waals surface area contributed by atoms with Gasteiger partial charge in [0.1, 0.15) is 5.76 Å². The zero-order valence-corrected chi connectivity index (χ0v) is 7.35. The topological polar surface area (TPSA) is 51.2 Å². The zero-order valence-electron chi connectivity index (χ0n) is 7.35. The molecule has 64 valence electrons. The Hall–Kier alpha value is -0.800.